The molecule has 0 aromatic rings. The second kappa shape index (κ2) is 8.84. The molecule has 0 aliphatic rings. The van der Waals surface area contributed by atoms with E-state index in [2.05, 4.69) is 0 Å². The number of rotatable bonds is 7. The Morgan fingerprint density at radius 1 is 0.900 bits per heavy atom. The van der Waals surface area contributed by atoms with Crippen LogP contribution in [0.2, 0.25) is 0 Å². The van der Waals surface area contributed by atoms with Gasteiger partial charge in [0.15, 0.2) is 18.0 Å². The fraction of sp³-hybridized carbons (Fsp3) is 0.538. The van der Waals surface area contributed by atoms with E-state index in [9.17, 15) is 19.2 Å². The lowest BCUT2D eigenvalue weighted by molar-refractivity contribution is -0.169. The molecule has 0 amide bonds. The minimum absolute atomic E-state index is 0.267. The summed E-state index contributed by atoms with van der Waals surface area (Å²) in [6.07, 6.45) is 0.425. The quantitative estimate of drug-likeness (QED) is 0.383. The van der Waals surface area contributed by atoms with Gasteiger partial charge in [0.05, 0.1) is 0 Å². The van der Waals surface area contributed by atoms with Gasteiger partial charge in [-0.15, -0.1) is 0 Å². The molecule has 7 heteroatoms. The molecule has 2 atom stereocenters. The SMILES string of the molecule is CC(=O)/C=C/[C@H](OC(C)=O)[C@H](COC(C)=O)OC(C)=O. The minimum Gasteiger partial charge on any atom is -0.462 e. The lowest BCUT2D eigenvalue weighted by Crippen LogP contribution is -2.37. The highest BCUT2D eigenvalue weighted by Gasteiger charge is 2.26. The van der Waals surface area contributed by atoms with E-state index in [1.165, 1.54) is 39.8 Å². The van der Waals surface area contributed by atoms with Crippen LogP contribution in [0.15, 0.2) is 12.2 Å². The fourth-order valence-corrected chi connectivity index (χ4v) is 1.27. The molecule has 0 radical (unpaired) electrons. The van der Waals surface area contributed by atoms with Crippen molar-refractivity contribution in [2.24, 2.45) is 0 Å². The molecule has 7 nitrogen and oxygen atoms in total. The molecule has 0 aromatic carbocycles. The number of hydrogen-bond acceptors (Lipinski definition) is 7. The molecule has 112 valence electrons. The Balaban J connectivity index is 5.03. The van der Waals surface area contributed by atoms with Crippen LogP contribution in [0.1, 0.15) is 27.7 Å². The first kappa shape index (κ1) is 17.8. The van der Waals surface area contributed by atoms with Crippen LogP contribution in [0.3, 0.4) is 0 Å². The first-order valence-corrected chi connectivity index (χ1v) is 5.89. The molecule has 0 bridgehead atoms. The Morgan fingerprint density at radius 3 is 1.85 bits per heavy atom. The van der Waals surface area contributed by atoms with Crippen LogP contribution in [-0.2, 0) is 33.4 Å². The largest absolute Gasteiger partial charge is 0.462 e. The monoisotopic (exact) mass is 286 g/mol. The standard InChI is InChI=1S/C13H18O7/c1-8(14)5-6-12(19-10(3)16)13(20-11(4)17)7-18-9(2)15/h5-6,12-13H,7H2,1-4H3/b6-5+/t12-,13-/m0/s1. The Labute approximate surface area is 116 Å². The summed E-state index contributed by atoms with van der Waals surface area (Å²) in [4.78, 5) is 43.8. The Bertz CT molecular complexity index is 411. The van der Waals surface area contributed by atoms with Gasteiger partial charge in [0, 0.05) is 20.8 Å². The van der Waals surface area contributed by atoms with E-state index in [0.717, 1.165) is 0 Å². The molecule has 0 spiro atoms. The van der Waals surface area contributed by atoms with E-state index in [1.807, 2.05) is 0 Å². The van der Waals surface area contributed by atoms with E-state index < -0.39 is 30.1 Å². The van der Waals surface area contributed by atoms with Crippen LogP contribution in [0.5, 0.6) is 0 Å². The molecule has 0 aliphatic heterocycles. The third kappa shape index (κ3) is 8.84. The van der Waals surface area contributed by atoms with Crippen molar-refractivity contribution in [3.63, 3.8) is 0 Å². The highest BCUT2D eigenvalue weighted by molar-refractivity contribution is 5.87. The average Bonchev–Trinajstić information content (AvgIpc) is 2.28. The lowest BCUT2D eigenvalue weighted by atomic mass is 10.2. The first-order valence-electron chi connectivity index (χ1n) is 5.89. The van der Waals surface area contributed by atoms with E-state index in [4.69, 9.17) is 14.2 Å². The predicted molar refractivity (Wildman–Crippen MR) is 67.6 cm³/mol. The number of esters is 3. The van der Waals surface area contributed by atoms with E-state index in [1.54, 1.807) is 0 Å². The maximum absolute atomic E-state index is 11.0. The fourth-order valence-electron chi connectivity index (χ4n) is 1.27. The van der Waals surface area contributed by atoms with Gasteiger partial charge in [-0.3, -0.25) is 19.2 Å². The van der Waals surface area contributed by atoms with Gasteiger partial charge in [-0.25, -0.2) is 0 Å². The molecular weight excluding hydrogens is 268 g/mol. The summed E-state index contributed by atoms with van der Waals surface area (Å²) >= 11 is 0. The Hall–Kier alpha value is -2.18. The first-order chi connectivity index (χ1) is 9.22. The van der Waals surface area contributed by atoms with Crippen LogP contribution in [0, 0.1) is 0 Å². The zero-order chi connectivity index (χ0) is 15.7. The predicted octanol–water partition coefficient (Wildman–Crippen LogP) is 0.558. The van der Waals surface area contributed by atoms with Gasteiger partial charge in [0.2, 0.25) is 0 Å². The van der Waals surface area contributed by atoms with Crippen LogP contribution in [0.4, 0.5) is 0 Å². The van der Waals surface area contributed by atoms with Gasteiger partial charge in [-0.05, 0) is 19.1 Å². The van der Waals surface area contributed by atoms with Crippen LogP contribution < -0.4 is 0 Å². The van der Waals surface area contributed by atoms with Gasteiger partial charge in [-0.1, -0.05) is 0 Å². The lowest BCUT2D eigenvalue weighted by Gasteiger charge is -2.23. The summed E-state index contributed by atoms with van der Waals surface area (Å²) in [7, 11) is 0. The number of hydrogen-bond donors (Lipinski definition) is 0. The second-order valence-electron chi connectivity index (χ2n) is 3.99. The number of carbonyl (C=O) groups excluding carboxylic acids is 4. The van der Waals surface area contributed by atoms with E-state index >= 15 is 0 Å². The van der Waals surface area contributed by atoms with Crippen molar-refractivity contribution in [1.29, 1.82) is 0 Å². The van der Waals surface area contributed by atoms with Crippen molar-refractivity contribution in [2.75, 3.05) is 6.61 Å². The summed E-state index contributed by atoms with van der Waals surface area (Å²) in [5, 5.41) is 0. The normalized spacial score (nSPS) is 13.4. The topological polar surface area (TPSA) is 96.0 Å². The molecule has 0 N–H and O–H groups in total. The average molecular weight is 286 g/mol. The number of allylic oxidation sites excluding steroid dienone is 1. The van der Waals surface area contributed by atoms with Gasteiger partial charge in [0.25, 0.3) is 0 Å². The molecule has 0 aromatic heterocycles. The summed E-state index contributed by atoms with van der Waals surface area (Å²) in [5.41, 5.74) is 0. The summed E-state index contributed by atoms with van der Waals surface area (Å²) in [6, 6.07) is 0. The second-order valence-corrected chi connectivity index (χ2v) is 3.99. The summed E-state index contributed by atoms with van der Waals surface area (Å²) < 4.78 is 14.6. The van der Waals surface area contributed by atoms with Crippen LogP contribution in [0.25, 0.3) is 0 Å². The van der Waals surface area contributed by atoms with Crippen molar-refractivity contribution < 1.29 is 33.4 Å². The van der Waals surface area contributed by atoms with Crippen molar-refractivity contribution in [3.8, 4) is 0 Å². The minimum atomic E-state index is -1.02. The molecule has 0 saturated carbocycles. The zero-order valence-corrected chi connectivity index (χ0v) is 11.9. The molecule has 0 unspecified atom stereocenters. The third-order valence-corrected chi connectivity index (χ3v) is 1.96. The molecule has 20 heavy (non-hydrogen) atoms. The Morgan fingerprint density at radius 2 is 1.45 bits per heavy atom. The number of ether oxygens (including phenoxy) is 3. The maximum atomic E-state index is 11.0. The molecular formula is C13H18O7. The smallest absolute Gasteiger partial charge is 0.303 e. The third-order valence-electron chi connectivity index (χ3n) is 1.96. The summed E-state index contributed by atoms with van der Waals surface area (Å²) in [6.45, 7) is 4.56. The van der Waals surface area contributed by atoms with Crippen molar-refractivity contribution in [3.05, 3.63) is 12.2 Å². The van der Waals surface area contributed by atoms with Gasteiger partial charge < -0.3 is 14.2 Å². The van der Waals surface area contributed by atoms with Crippen molar-refractivity contribution >= 4 is 23.7 Å². The number of ketones is 1. The van der Waals surface area contributed by atoms with Crippen molar-refractivity contribution in [1.82, 2.24) is 0 Å². The van der Waals surface area contributed by atoms with Gasteiger partial charge in [-0.2, -0.15) is 0 Å². The van der Waals surface area contributed by atoms with Crippen LogP contribution >= 0.6 is 0 Å². The molecule has 0 heterocycles. The molecule has 0 rings (SSSR count). The molecule has 0 aliphatic carbocycles. The van der Waals surface area contributed by atoms with Crippen molar-refractivity contribution in [2.45, 2.75) is 39.9 Å². The van der Waals surface area contributed by atoms with Gasteiger partial charge >= 0.3 is 17.9 Å². The summed E-state index contributed by atoms with van der Waals surface area (Å²) in [5.74, 6) is -2.09. The molecule has 0 saturated heterocycles. The Kier molecular flexibility index (Phi) is 7.88. The number of carbonyl (C=O) groups is 4. The van der Waals surface area contributed by atoms with Crippen LogP contribution in [-0.4, -0.2) is 42.5 Å². The van der Waals surface area contributed by atoms with Gasteiger partial charge in [0.1, 0.15) is 6.61 Å². The molecule has 0 fully saturated rings. The highest BCUT2D eigenvalue weighted by Crippen LogP contribution is 2.09. The van der Waals surface area contributed by atoms with E-state index in [0.29, 0.717) is 0 Å². The highest BCUT2D eigenvalue weighted by atomic mass is 16.6. The zero-order valence-electron chi connectivity index (χ0n) is 11.9. The van der Waals surface area contributed by atoms with E-state index in [-0.39, 0.29) is 12.4 Å². The maximum Gasteiger partial charge on any atom is 0.303 e.